The Morgan fingerprint density at radius 2 is 1.76 bits per heavy atom. The third-order valence-electron chi connectivity index (χ3n) is 4.61. The van der Waals surface area contributed by atoms with Gasteiger partial charge in [-0.05, 0) is 30.7 Å². The molecule has 1 aliphatic rings. The fourth-order valence-electron chi connectivity index (χ4n) is 2.90. The molecule has 1 N–H and O–H groups in total. The molecule has 0 saturated carbocycles. The van der Waals surface area contributed by atoms with E-state index in [2.05, 4.69) is 46.2 Å². The number of amides is 1. The van der Waals surface area contributed by atoms with Crippen LogP contribution in [0.25, 0.3) is 0 Å². The molecular weight excluding hydrogens is 314 g/mol. The molecule has 1 saturated heterocycles. The van der Waals surface area contributed by atoms with Crippen LogP contribution >= 0.6 is 0 Å². The van der Waals surface area contributed by atoms with Crippen molar-refractivity contribution in [2.24, 2.45) is 0 Å². The van der Waals surface area contributed by atoms with Gasteiger partial charge in [0.15, 0.2) is 0 Å². The number of hydrogen-bond donors (Lipinski definition) is 1. The van der Waals surface area contributed by atoms with Gasteiger partial charge in [0.25, 0.3) is 5.91 Å². The first-order valence-electron chi connectivity index (χ1n) is 8.89. The van der Waals surface area contributed by atoms with Crippen molar-refractivity contribution in [2.75, 3.05) is 38.0 Å². The van der Waals surface area contributed by atoms with Crippen LogP contribution in [-0.2, 0) is 6.42 Å². The van der Waals surface area contributed by atoms with Crippen LogP contribution in [0.4, 0.5) is 11.5 Å². The zero-order valence-electron chi connectivity index (χ0n) is 14.9. The number of piperazine rings is 1. The SMILES string of the molecule is CCc1ccc(Nc2cnc(C(=O)N3CCN(CC)CC3)cn2)cc1. The summed E-state index contributed by atoms with van der Waals surface area (Å²) in [6, 6.07) is 8.22. The Hall–Kier alpha value is -2.47. The Balaban J connectivity index is 1.60. The quantitative estimate of drug-likeness (QED) is 0.907. The summed E-state index contributed by atoms with van der Waals surface area (Å²) in [5.74, 6) is 0.596. The summed E-state index contributed by atoms with van der Waals surface area (Å²) in [6.07, 6.45) is 4.18. The molecule has 0 spiro atoms. The second-order valence-electron chi connectivity index (χ2n) is 6.19. The van der Waals surface area contributed by atoms with Gasteiger partial charge in [-0.1, -0.05) is 26.0 Å². The van der Waals surface area contributed by atoms with Gasteiger partial charge in [-0.2, -0.15) is 0 Å². The highest BCUT2D eigenvalue weighted by Gasteiger charge is 2.22. The van der Waals surface area contributed by atoms with Crippen molar-refractivity contribution in [3.63, 3.8) is 0 Å². The van der Waals surface area contributed by atoms with Gasteiger partial charge in [0.1, 0.15) is 11.5 Å². The molecule has 1 aromatic carbocycles. The van der Waals surface area contributed by atoms with Crippen LogP contribution in [0, 0.1) is 0 Å². The molecule has 1 aromatic heterocycles. The highest BCUT2D eigenvalue weighted by molar-refractivity contribution is 5.92. The topological polar surface area (TPSA) is 61.4 Å². The number of nitrogens with one attached hydrogen (secondary N) is 1. The second kappa shape index (κ2) is 8.07. The third kappa shape index (κ3) is 4.33. The molecule has 2 aromatic rings. The van der Waals surface area contributed by atoms with Crippen molar-refractivity contribution in [3.8, 4) is 0 Å². The number of aromatic nitrogens is 2. The Morgan fingerprint density at radius 3 is 2.32 bits per heavy atom. The van der Waals surface area contributed by atoms with Crippen LogP contribution < -0.4 is 5.32 Å². The second-order valence-corrected chi connectivity index (χ2v) is 6.19. The first kappa shape index (κ1) is 17.4. The molecule has 2 heterocycles. The van der Waals surface area contributed by atoms with Crippen molar-refractivity contribution < 1.29 is 4.79 Å². The van der Waals surface area contributed by atoms with E-state index < -0.39 is 0 Å². The van der Waals surface area contributed by atoms with E-state index in [1.165, 1.54) is 5.56 Å². The highest BCUT2D eigenvalue weighted by atomic mass is 16.2. The standard InChI is InChI=1S/C19H25N5O/c1-3-15-5-7-16(8-6-15)22-18-14-20-17(13-21-18)19(25)24-11-9-23(4-2)10-12-24/h5-8,13-14H,3-4,9-12H2,1-2H3,(H,21,22). The number of aryl methyl sites for hydroxylation is 1. The number of rotatable bonds is 5. The number of carbonyl (C=O) groups is 1. The normalized spacial score (nSPS) is 15.2. The molecule has 0 atom stereocenters. The van der Waals surface area contributed by atoms with Crippen molar-refractivity contribution in [1.29, 1.82) is 0 Å². The smallest absolute Gasteiger partial charge is 0.274 e. The summed E-state index contributed by atoms with van der Waals surface area (Å²) in [7, 11) is 0. The molecule has 0 aliphatic carbocycles. The van der Waals surface area contributed by atoms with E-state index in [-0.39, 0.29) is 5.91 Å². The summed E-state index contributed by atoms with van der Waals surface area (Å²) >= 11 is 0. The van der Waals surface area contributed by atoms with Crippen molar-refractivity contribution >= 4 is 17.4 Å². The Bertz CT molecular complexity index is 691. The largest absolute Gasteiger partial charge is 0.339 e. The first-order valence-corrected chi connectivity index (χ1v) is 8.89. The first-order chi connectivity index (χ1) is 12.2. The van der Waals surface area contributed by atoms with Gasteiger partial charge in [0, 0.05) is 31.9 Å². The van der Waals surface area contributed by atoms with E-state index in [0.717, 1.165) is 44.8 Å². The average molecular weight is 339 g/mol. The minimum atomic E-state index is -0.0397. The van der Waals surface area contributed by atoms with E-state index in [9.17, 15) is 4.79 Å². The number of nitrogens with zero attached hydrogens (tertiary/aromatic N) is 4. The Labute approximate surface area is 148 Å². The highest BCUT2D eigenvalue weighted by Crippen LogP contribution is 2.15. The molecule has 132 valence electrons. The lowest BCUT2D eigenvalue weighted by atomic mass is 10.1. The Morgan fingerprint density at radius 1 is 1.04 bits per heavy atom. The van der Waals surface area contributed by atoms with Crippen LogP contribution in [0.1, 0.15) is 29.9 Å². The van der Waals surface area contributed by atoms with Gasteiger partial charge in [-0.15, -0.1) is 0 Å². The van der Waals surface area contributed by atoms with E-state index >= 15 is 0 Å². The average Bonchev–Trinajstić information content (AvgIpc) is 2.69. The van der Waals surface area contributed by atoms with Crippen LogP contribution in [0.2, 0.25) is 0 Å². The van der Waals surface area contributed by atoms with Crippen molar-refractivity contribution in [1.82, 2.24) is 19.8 Å². The summed E-state index contributed by atoms with van der Waals surface area (Å²) < 4.78 is 0. The molecular formula is C19H25N5O. The lowest BCUT2D eigenvalue weighted by molar-refractivity contribution is 0.0637. The van der Waals surface area contributed by atoms with Gasteiger partial charge in [-0.25, -0.2) is 9.97 Å². The lowest BCUT2D eigenvalue weighted by Gasteiger charge is -2.33. The summed E-state index contributed by atoms with van der Waals surface area (Å²) in [4.78, 5) is 25.3. The molecule has 0 radical (unpaired) electrons. The van der Waals surface area contributed by atoms with Gasteiger partial charge < -0.3 is 15.1 Å². The summed E-state index contributed by atoms with van der Waals surface area (Å²) in [5.41, 5.74) is 2.65. The molecule has 0 unspecified atom stereocenters. The van der Waals surface area contributed by atoms with Crippen LogP contribution in [0.5, 0.6) is 0 Å². The predicted octanol–water partition coefficient (Wildman–Crippen LogP) is 2.56. The molecule has 3 rings (SSSR count). The van der Waals surface area contributed by atoms with E-state index in [0.29, 0.717) is 11.5 Å². The monoisotopic (exact) mass is 339 g/mol. The number of benzene rings is 1. The van der Waals surface area contributed by atoms with E-state index in [4.69, 9.17) is 0 Å². The number of hydrogen-bond acceptors (Lipinski definition) is 5. The number of carbonyl (C=O) groups excluding carboxylic acids is 1. The molecule has 1 aliphatic heterocycles. The fourth-order valence-corrected chi connectivity index (χ4v) is 2.90. The number of anilines is 2. The fraction of sp³-hybridized carbons (Fsp3) is 0.421. The van der Waals surface area contributed by atoms with Crippen molar-refractivity contribution in [3.05, 3.63) is 47.9 Å². The predicted molar refractivity (Wildman–Crippen MR) is 99.2 cm³/mol. The summed E-state index contributed by atoms with van der Waals surface area (Å²) in [6.45, 7) is 8.64. The molecule has 6 heteroatoms. The third-order valence-corrected chi connectivity index (χ3v) is 4.61. The maximum absolute atomic E-state index is 12.5. The zero-order chi connectivity index (χ0) is 17.6. The van der Waals surface area contributed by atoms with Crippen LogP contribution in [0.3, 0.4) is 0 Å². The van der Waals surface area contributed by atoms with Gasteiger partial charge >= 0.3 is 0 Å². The lowest BCUT2D eigenvalue weighted by Crippen LogP contribution is -2.48. The van der Waals surface area contributed by atoms with Crippen molar-refractivity contribution in [2.45, 2.75) is 20.3 Å². The molecule has 1 amide bonds. The zero-order valence-corrected chi connectivity index (χ0v) is 14.9. The molecule has 6 nitrogen and oxygen atoms in total. The molecule has 1 fully saturated rings. The van der Waals surface area contributed by atoms with Crippen LogP contribution in [0.15, 0.2) is 36.7 Å². The molecule has 25 heavy (non-hydrogen) atoms. The van der Waals surface area contributed by atoms with Crippen LogP contribution in [-0.4, -0.2) is 58.4 Å². The Kier molecular flexibility index (Phi) is 5.60. The van der Waals surface area contributed by atoms with E-state index in [1.54, 1.807) is 12.4 Å². The maximum atomic E-state index is 12.5. The summed E-state index contributed by atoms with van der Waals surface area (Å²) in [5, 5.41) is 3.21. The van der Waals surface area contributed by atoms with Gasteiger partial charge in [0.2, 0.25) is 0 Å². The minimum absolute atomic E-state index is 0.0397. The minimum Gasteiger partial charge on any atom is -0.339 e. The van der Waals surface area contributed by atoms with Gasteiger partial charge in [0.05, 0.1) is 12.4 Å². The molecule has 0 bridgehead atoms. The maximum Gasteiger partial charge on any atom is 0.274 e. The van der Waals surface area contributed by atoms with Gasteiger partial charge in [-0.3, -0.25) is 4.79 Å². The van der Waals surface area contributed by atoms with E-state index in [1.807, 2.05) is 17.0 Å². The number of likely N-dealkylation sites (N-methyl/N-ethyl adjacent to an activating group) is 1.